The quantitative estimate of drug-likeness (QED) is 0.168. The van der Waals surface area contributed by atoms with Gasteiger partial charge in [0.05, 0.1) is 23.4 Å². The summed E-state index contributed by atoms with van der Waals surface area (Å²) in [7, 11) is 0. The smallest absolute Gasteiger partial charge is 0.224 e. The van der Waals surface area contributed by atoms with Gasteiger partial charge in [0.1, 0.15) is 5.54 Å². The summed E-state index contributed by atoms with van der Waals surface area (Å²) in [6, 6.07) is 40.6. The minimum atomic E-state index is -0.561. The van der Waals surface area contributed by atoms with Crippen LogP contribution in [0.4, 0.5) is 11.4 Å². The van der Waals surface area contributed by atoms with E-state index in [4.69, 9.17) is 4.98 Å². The number of hydrogen-bond donors (Lipinski definition) is 1. The maximum absolute atomic E-state index is 12.5. The molecule has 224 valence electrons. The van der Waals surface area contributed by atoms with E-state index in [1.165, 1.54) is 28.1 Å². The summed E-state index contributed by atoms with van der Waals surface area (Å²) in [5, 5.41) is 3.16. The minimum absolute atomic E-state index is 0.0917. The first-order valence-corrected chi connectivity index (χ1v) is 16.0. The van der Waals surface area contributed by atoms with Crippen LogP contribution in [0, 0.1) is 6.92 Å². The third-order valence-corrected chi connectivity index (χ3v) is 9.14. The van der Waals surface area contributed by atoms with E-state index < -0.39 is 5.54 Å². The van der Waals surface area contributed by atoms with Gasteiger partial charge in [-0.3, -0.25) is 4.79 Å². The first kappa shape index (κ1) is 29.4. The van der Waals surface area contributed by atoms with Crippen molar-refractivity contribution in [1.29, 1.82) is 0 Å². The largest absolute Gasteiger partial charge is 0.370 e. The average Bonchev–Trinajstić information content (AvgIpc) is 3.47. The Kier molecular flexibility index (Phi) is 8.92. The molecule has 5 heteroatoms. The van der Waals surface area contributed by atoms with Crippen LogP contribution in [-0.4, -0.2) is 28.5 Å². The minimum Gasteiger partial charge on any atom is -0.370 e. The first-order chi connectivity index (χ1) is 21.6. The van der Waals surface area contributed by atoms with Crippen LogP contribution in [0.15, 0.2) is 122 Å². The van der Waals surface area contributed by atoms with E-state index in [2.05, 4.69) is 138 Å². The fourth-order valence-electron chi connectivity index (χ4n) is 6.92. The van der Waals surface area contributed by atoms with Crippen LogP contribution < -0.4 is 10.2 Å². The maximum atomic E-state index is 12.5. The Morgan fingerprint density at radius 1 is 0.795 bits per heavy atom. The molecular weight excluding hydrogens is 540 g/mol. The number of benzene rings is 4. The molecule has 0 spiro atoms. The topological polar surface area (TPSA) is 50.2 Å². The molecule has 1 aromatic heterocycles. The monoisotopic (exact) mass is 582 g/mol. The summed E-state index contributed by atoms with van der Waals surface area (Å²) in [6.45, 7) is 6.18. The van der Waals surface area contributed by atoms with E-state index in [9.17, 15) is 4.79 Å². The second-order valence-corrected chi connectivity index (χ2v) is 11.8. The fourth-order valence-corrected chi connectivity index (χ4v) is 6.92. The number of nitrogens with one attached hydrogen (secondary N) is 1. The highest BCUT2D eigenvalue weighted by atomic mass is 16.1. The average molecular weight is 583 g/mol. The Bertz CT molecular complexity index is 1560. The predicted octanol–water partition coefficient (Wildman–Crippen LogP) is 8.54. The highest BCUT2D eigenvalue weighted by Crippen LogP contribution is 2.43. The van der Waals surface area contributed by atoms with Gasteiger partial charge in [0.2, 0.25) is 5.91 Å². The molecular formula is C39H42N4O. The number of amides is 1. The molecule has 0 atom stereocenters. The van der Waals surface area contributed by atoms with E-state index in [1.807, 2.05) is 12.1 Å². The number of piperidine rings is 1. The van der Waals surface area contributed by atoms with E-state index in [-0.39, 0.29) is 5.91 Å². The van der Waals surface area contributed by atoms with Gasteiger partial charge in [-0.1, -0.05) is 116 Å². The van der Waals surface area contributed by atoms with Gasteiger partial charge in [-0.15, -0.1) is 0 Å². The van der Waals surface area contributed by atoms with Crippen molar-refractivity contribution >= 4 is 17.3 Å². The second-order valence-electron chi connectivity index (χ2n) is 11.8. The summed E-state index contributed by atoms with van der Waals surface area (Å²) in [5.74, 6) is 0.452. The standard InChI is InChI=1S/C39H42N4O/c1-3-4-24-37(44)41-35-22-14-15-23-36(35)42-27-25-31(26-28-42)38-30(2)43(29-40-38)39(32-16-8-5-9-17-32,33-18-10-6-11-19-33)34-20-12-7-13-21-34/h5-23,29,31H,3-4,24-28H2,1-2H3,(H,41,44). The van der Waals surface area contributed by atoms with Crippen molar-refractivity contribution in [2.75, 3.05) is 23.3 Å². The molecule has 6 rings (SSSR count). The Labute approximate surface area is 261 Å². The lowest BCUT2D eigenvalue weighted by Crippen LogP contribution is -2.38. The van der Waals surface area contributed by atoms with Crippen LogP contribution in [0.1, 0.15) is 73.0 Å². The van der Waals surface area contributed by atoms with Crippen LogP contribution in [0.25, 0.3) is 0 Å². The molecule has 5 nitrogen and oxygen atoms in total. The van der Waals surface area contributed by atoms with Crippen LogP contribution in [0.2, 0.25) is 0 Å². The zero-order valence-electron chi connectivity index (χ0n) is 25.8. The first-order valence-electron chi connectivity index (χ1n) is 16.0. The zero-order valence-corrected chi connectivity index (χ0v) is 25.8. The highest BCUT2D eigenvalue weighted by molar-refractivity contribution is 5.94. The van der Waals surface area contributed by atoms with E-state index in [0.717, 1.165) is 50.1 Å². The summed E-state index contributed by atoms with van der Waals surface area (Å²) in [4.78, 5) is 20.1. The second kappa shape index (κ2) is 13.3. The van der Waals surface area contributed by atoms with E-state index in [0.29, 0.717) is 12.3 Å². The molecule has 1 aliphatic rings. The van der Waals surface area contributed by atoms with E-state index >= 15 is 0 Å². The molecule has 0 radical (unpaired) electrons. The molecule has 44 heavy (non-hydrogen) atoms. The molecule has 0 bridgehead atoms. The third kappa shape index (κ3) is 5.67. The SMILES string of the molecule is CCCCC(=O)Nc1ccccc1N1CCC(c2ncn(C(c3ccccc3)(c3ccccc3)c3ccccc3)c2C)CC1. The fraction of sp³-hybridized carbons (Fsp3) is 0.282. The van der Waals surface area contributed by atoms with Gasteiger partial charge in [0, 0.05) is 31.1 Å². The molecule has 1 N–H and O–H groups in total. The summed E-state index contributed by atoms with van der Waals surface area (Å²) in [6.07, 6.45) is 6.55. The van der Waals surface area contributed by atoms with Crippen molar-refractivity contribution in [2.45, 2.75) is 57.4 Å². The number of para-hydroxylation sites is 2. The van der Waals surface area contributed by atoms with E-state index in [1.54, 1.807) is 0 Å². The number of nitrogens with zero attached hydrogens (tertiary/aromatic N) is 3. The molecule has 5 aromatic rings. The number of aromatic nitrogens is 2. The van der Waals surface area contributed by atoms with Crippen molar-refractivity contribution < 1.29 is 4.79 Å². The lowest BCUT2D eigenvalue weighted by atomic mass is 9.76. The number of imidazole rings is 1. The van der Waals surface area contributed by atoms with Crippen LogP contribution in [-0.2, 0) is 10.3 Å². The van der Waals surface area contributed by atoms with Crippen LogP contribution >= 0.6 is 0 Å². The Balaban J connectivity index is 1.32. The molecule has 1 amide bonds. The highest BCUT2D eigenvalue weighted by Gasteiger charge is 2.40. The van der Waals surface area contributed by atoms with Crippen LogP contribution in [0.3, 0.4) is 0 Å². The molecule has 1 aliphatic heterocycles. The lowest BCUT2D eigenvalue weighted by Gasteiger charge is -2.39. The normalized spacial score (nSPS) is 14.0. The number of anilines is 2. The molecule has 2 heterocycles. The molecule has 0 saturated carbocycles. The molecule has 1 fully saturated rings. The molecule has 0 unspecified atom stereocenters. The molecule has 0 aliphatic carbocycles. The Morgan fingerprint density at radius 3 is 1.86 bits per heavy atom. The number of rotatable bonds is 10. The maximum Gasteiger partial charge on any atom is 0.224 e. The summed E-state index contributed by atoms with van der Waals surface area (Å²) >= 11 is 0. The third-order valence-electron chi connectivity index (χ3n) is 9.14. The van der Waals surface area contributed by atoms with Gasteiger partial charge < -0.3 is 14.8 Å². The number of carbonyl (C=O) groups excluding carboxylic acids is 1. The number of unbranched alkanes of at least 4 members (excludes halogenated alkanes) is 1. The van der Waals surface area contributed by atoms with Crippen molar-refractivity contribution in [3.63, 3.8) is 0 Å². The van der Waals surface area contributed by atoms with Gasteiger partial charge in [-0.25, -0.2) is 4.98 Å². The van der Waals surface area contributed by atoms with Crippen molar-refractivity contribution in [3.8, 4) is 0 Å². The molecule has 1 saturated heterocycles. The van der Waals surface area contributed by atoms with Gasteiger partial charge in [-0.2, -0.15) is 0 Å². The van der Waals surface area contributed by atoms with Crippen LogP contribution in [0.5, 0.6) is 0 Å². The van der Waals surface area contributed by atoms with Crippen molar-refractivity contribution in [2.24, 2.45) is 0 Å². The number of carbonyl (C=O) groups is 1. The van der Waals surface area contributed by atoms with Crippen molar-refractivity contribution in [3.05, 3.63) is 150 Å². The summed E-state index contributed by atoms with van der Waals surface area (Å²) in [5.41, 5.74) is 7.45. The van der Waals surface area contributed by atoms with Gasteiger partial charge >= 0.3 is 0 Å². The van der Waals surface area contributed by atoms with Gasteiger partial charge in [0.15, 0.2) is 0 Å². The zero-order chi connectivity index (χ0) is 30.4. The van der Waals surface area contributed by atoms with Crippen molar-refractivity contribution in [1.82, 2.24) is 9.55 Å². The molecule has 4 aromatic carbocycles. The Morgan fingerprint density at radius 2 is 1.32 bits per heavy atom. The Hall–Kier alpha value is -4.64. The van der Waals surface area contributed by atoms with Gasteiger partial charge in [-0.05, 0) is 55.0 Å². The number of hydrogen-bond acceptors (Lipinski definition) is 3. The lowest BCUT2D eigenvalue weighted by molar-refractivity contribution is -0.116. The predicted molar refractivity (Wildman–Crippen MR) is 180 cm³/mol. The summed E-state index contributed by atoms with van der Waals surface area (Å²) < 4.78 is 2.40. The van der Waals surface area contributed by atoms with Gasteiger partial charge in [0.25, 0.3) is 0 Å².